The van der Waals surface area contributed by atoms with Crippen LogP contribution >= 0.6 is 22.7 Å². The Bertz CT molecular complexity index is 1600. The van der Waals surface area contributed by atoms with Gasteiger partial charge in [0.05, 0.1) is 16.9 Å². The molecule has 11 heteroatoms. The van der Waals surface area contributed by atoms with E-state index in [9.17, 15) is 13.6 Å². The molecule has 2 saturated carbocycles. The van der Waals surface area contributed by atoms with E-state index >= 15 is 0 Å². The fourth-order valence-electron chi connectivity index (χ4n) is 5.41. The lowest BCUT2D eigenvalue weighted by Crippen LogP contribution is -2.33. The fraction of sp³-hybridized carbons (Fsp3) is 0.379. The molecule has 3 aliphatic rings. The second kappa shape index (κ2) is 9.39. The van der Waals surface area contributed by atoms with Crippen LogP contribution in [0.4, 0.5) is 8.78 Å². The van der Waals surface area contributed by atoms with E-state index in [1.165, 1.54) is 34.8 Å². The fourth-order valence-corrected chi connectivity index (χ4v) is 7.11. The molecule has 7 nitrogen and oxygen atoms in total. The zero-order valence-corrected chi connectivity index (χ0v) is 23.6. The molecule has 1 aliphatic heterocycles. The number of nitrogens with two attached hydrogens (primary N) is 1. The average molecular weight is 580 g/mol. The maximum absolute atomic E-state index is 14.6. The Morgan fingerprint density at radius 3 is 2.52 bits per heavy atom. The van der Waals surface area contributed by atoms with Gasteiger partial charge in [0.1, 0.15) is 33.3 Å². The van der Waals surface area contributed by atoms with Crippen molar-refractivity contribution in [2.24, 2.45) is 17.6 Å². The number of nitrogens with zero attached hydrogens (tertiary/aromatic N) is 4. The minimum Gasteiger partial charge on any atom is -0.474 e. The number of thiazole rings is 2. The predicted molar refractivity (Wildman–Crippen MR) is 149 cm³/mol. The van der Waals surface area contributed by atoms with Gasteiger partial charge in [-0.25, -0.2) is 23.7 Å². The second-order valence-electron chi connectivity index (χ2n) is 11.4. The molecule has 3 atom stereocenters. The van der Waals surface area contributed by atoms with E-state index in [0.717, 1.165) is 45.7 Å². The van der Waals surface area contributed by atoms with Crippen LogP contribution in [-0.2, 0) is 5.54 Å². The molecular weight excluding hydrogens is 552 g/mol. The van der Waals surface area contributed by atoms with Crippen LogP contribution in [0.2, 0.25) is 0 Å². The molecule has 2 N–H and O–H groups in total. The molecule has 0 unspecified atom stereocenters. The van der Waals surface area contributed by atoms with Crippen molar-refractivity contribution in [3.63, 3.8) is 0 Å². The second-order valence-corrected chi connectivity index (χ2v) is 13.1. The summed E-state index contributed by atoms with van der Waals surface area (Å²) in [6.45, 7) is 4.90. The van der Waals surface area contributed by atoms with Gasteiger partial charge in [0.2, 0.25) is 5.88 Å². The van der Waals surface area contributed by atoms with Crippen LogP contribution in [0.5, 0.6) is 5.88 Å². The lowest BCUT2D eigenvalue weighted by atomic mass is 9.94. The Labute approximate surface area is 238 Å². The first-order valence-corrected chi connectivity index (χ1v) is 15.0. The molecule has 0 radical (unpaired) electrons. The highest BCUT2D eigenvalue weighted by atomic mass is 32.1. The number of halogens is 2. The molecule has 3 fully saturated rings. The SMILES string of the molecule is CC(C)(N)c1cc(O[C@@H]2[C@@H]3CN(C(=O)c4sc(-c5cscn5)nc4C4CC4)C[C@@H]32)nc(-c2ccc(F)cc2F)c1. The number of benzene rings is 1. The molecule has 40 heavy (non-hydrogen) atoms. The van der Waals surface area contributed by atoms with Crippen LogP contribution in [0.25, 0.3) is 22.0 Å². The van der Waals surface area contributed by atoms with Crippen molar-refractivity contribution in [1.29, 1.82) is 0 Å². The van der Waals surface area contributed by atoms with Crippen LogP contribution in [0, 0.1) is 23.5 Å². The predicted octanol–water partition coefficient (Wildman–Crippen LogP) is 5.83. The van der Waals surface area contributed by atoms with Gasteiger partial charge in [0.15, 0.2) is 0 Å². The number of rotatable bonds is 7. The lowest BCUT2D eigenvalue weighted by molar-refractivity contribution is 0.0755. The van der Waals surface area contributed by atoms with Gasteiger partial charge in [-0.3, -0.25) is 4.79 Å². The van der Waals surface area contributed by atoms with Gasteiger partial charge in [0, 0.05) is 59.5 Å². The number of amides is 1. The lowest BCUT2D eigenvalue weighted by Gasteiger charge is -2.22. The first kappa shape index (κ1) is 25.7. The Balaban J connectivity index is 1.08. The number of carbonyl (C=O) groups excluding carboxylic acids is 1. The van der Waals surface area contributed by atoms with Gasteiger partial charge in [-0.05, 0) is 50.5 Å². The van der Waals surface area contributed by atoms with E-state index in [4.69, 9.17) is 15.5 Å². The number of aromatic nitrogens is 3. The van der Waals surface area contributed by atoms with Gasteiger partial charge >= 0.3 is 0 Å². The summed E-state index contributed by atoms with van der Waals surface area (Å²) < 4.78 is 34.4. The van der Waals surface area contributed by atoms with Crippen molar-refractivity contribution < 1.29 is 18.3 Å². The molecular formula is C29H27F2N5O2S2. The topological polar surface area (TPSA) is 94.2 Å². The number of hydrogen-bond donors (Lipinski definition) is 1. The number of carbonyl (C=O) groups is 1. The summed E-state index contributed by atoms with van der Waals surface area (Å²) in [6.07, 6.45) is 2.04. The van der Waals surface area contributed by atoms with Crippen LogP contribution < -0.4 is 10.5 Å². The maximum atomic E-state index is 14.6. The molecule has 7 rings (SSSR count). The Morgan fingerprint density at radius 2 is 1.88 bits per heavy atom. The minimum atomic E-state index is -0.722. The number of hydrogen-bond acceptors (Lipinski definition) is 8. The number of fused-ring (bicyclic) bond motifs is 1. The summed E-state index contributed by atoms with van der Waals surface area (Å²) in [4.78, 5) is 29.9. The molecule has 3 aromatic heterocycles. The Hall–Kier alpha value is -3.28. The number of ether oxygens (including phenoxy) is 1. The number of piperidine rings is 1. The number of likely N-dealkylation sites (tertiary alicyclic amines) is 1. The van der Waals surface area contributed by atoms with Crippen molar-refractivity contribution >= 4 is 28.6 Å². The quantitative estimate of drug-likeness (QED) is 0.296. The van der Waals surface area contributed by atoms with Crippen molar-refractivity contribution in [3.05, 3.63) is 69.0 Å². The van der Waals surface area contributed by atoms with Gasteiger partial charge in [-0.1, -0.05) is 0 Å². The van der Waals surface area contributed by atoms with Crippen molar-refractivity contribution in [2.45, 2.75) is 44.2 Å². The third kappa shape index (κ3) is 4.69. The highest BCUT2D eigenvalue weighted by Gasteiger charge is 2.59. The van der Waals surface area contributed by atoms with E-state index in [2.05, 4.69) is 9.97 Å². The van der Waals surface area contributed by atoms with Crippen LogP contribution in [-0.4, -0.2) is 45.0 Å². The minimum absolute atomic E-state index is 0.0332. The standard InChI is InChI=1S/C29H27F2N5O2S2/c1-29(2,32)15-7-21(17-6-5-16(30)9-20(17)31)34-23(8-15)38-25-18-10-36(11-19(18)25)28(37)26-24(14-3-4-14)35-27(40-26)22-12-39-13-33-22/h5-9,12-14,18-19,25H,3-4,10-11,32H2,1-2H3/t18-,19+,25-. The molecule has 0 bridgehead atoms. The Kier molecular flexibility index (Phi) is 6.03. The molecule has 1 aromatic carbocycles. The average Bonchev–Trinajstić information content (AvgIpc) is 3.59. The van der Waals surface area contributed by atoms with Crippen molar-refractivity contribution in [2.75, 3.05) is 13.1 Å². The van der Waals surface area contributed by atoms with E-state index in [1.807, 2.05) is 24.1 Å². The Morgan fingerprint density at radius 1 is 1.10 bits per heavy atom. The number of pyridine rings is 1. The van der Waals surface area contributed by atoms with E-state index in [0.29, 0.717) is 30.6 Å². The highest BCUT2D eigenvalue weighted by molar-refractivity contribution is 7.17. The summed E-state index contributed by atoms with van der Waals surface area (Å²) in [5, 5.41) is 2.76. The zero-order chi connectivity index (χ0) is 27.8. The summed E-state index contributed by atoms with van der Waals surface area (Å²) in [5.74, 6) is -0.220. The van der Waals surface area contributed by atoms with E-state index < -0.39 is 17.2 Å². The molecule has 0 spiro atoms. The first-order valence-electron chi connectivity index (χ1n) is 13.3. The van der Waals surface area contributed by atoms with Crippen LogP contribution in [0.3, 0.4) is 0 Å². The third-order valence-electron chi connectivity index (χ3n) is 7.88. The van der Waals surface area contributed by atoms with Gasteiger partial charge in [-0.2, -0.15) is 0 Å². The maximum Gasteiger partial charge on any atom is 0.265 e. The highest BCUT2D eigenvalue weighted by Crippen LogP contribution is 2.50. The smallest absolute Gasteiger partial charge is 0.265 e. The van der Waals surface area contributed by atoms with E-state index in [-0.39, 0.29) is 29.4 Å². The van der Waals surface area contributed by atoms with Gasteiger partial charge < -0.3 is 15.4 Å². The van der Waals surface area contributed by atoms with Crippen molar-refractivity contribution in [3.8, 4) is 27.8 Å². The summed E-state index contributed by atoms with van der Waals surface area (Å²) in [7, 11) is 0. The summed E-state index contributed by atoms with van der Waals surface area (Å²) >= 11 is 2.96. The summed E-state index contributed by atoms with van der Waals surface area (Å²) in [6, 6.07) is 6.90. The zero-order valence-electron chi connectivity index (χ0n) is 21.9. The first-order chi connectivity index (χ1) is 19.2. The molecule has 206 valence electrons. The van der Waals surface area contributed by atoms with Gasteiger partial charge in [-0.15, -0.1) is 22.7 Å². The largest absolute Gasteiger partial charge is 0.474 e. The molecule has 4 heterocycles. The third-order valence-corrected chi connectivity index (χ3v) is 9.54. The van der Waals surface area contributed by atoms with Crippen LogP contribution in [0.1, 0.15) is 53.5 Å². The van der Waals surface area contributed by atoms with E-state index in [1.54, 1.807) is 17.6 Å². The monoisotopic (exact) mass is 579 g/mol. The molecule has 4 aromatic rings. The molecule has 2 aliphatic carbocycles. The normalized spacial score (nSPS) is 21.9. The van der Waals surface area contributed by atoms with Crippen LogP contribution in [0.15, 0.2) is 41.2 Å². The summed E-state index contributed by atoms with van der Waals surface area (Å²) in [5.41, 5.74) is 10.4. The molecule has 1 amide bonds. The molecule has 1 saturated heterocycles. The van der Waals surface area contributed by atoms with Crippen molar-refractivity contribution in [1.82, 2.24) is 19.9 Å². The van der Waals surface area contributed by atoms with Gasteiger partial charge in [0.25, 0.3) is 5.91 Å².